The highest BCUT2D eigenvalue weighted by Gasteiger charge is 2.02. The summed E-state index contributed by atoms with van der Waals surface area (Å²) in [6, 6.07) is 8.31. The van der Waals surface area contributed by atoms with E-state index in [0.29, 0.717) is 0 Å². The summed E-state index contributed by atoms with van der Waals surface area (Å²) in [6.07, 6.45) is 5.23. The average molecular weight is 213 g/mol. The van der Waals surface area contributed by atoms with Crippen molar-refractivity contribution in [3.8, 4) is 0 Å². The second-order valence-electron chi connectivity index (χ2n) is 3.73. The molecule has 0 bridgehead atoms. The first kappa shape index (κ1) is 10.5. The summed E-state index contributed by atoms with van der Waals surface area (Å²) >= 11 is 0. The maximum absolute atomic E-state index is 7.39. The van der Waals surface area contributed by atoms with Gasteiger partial charge in [-0.2, -0.15) is 0 Å². The first-order valence-electron chi connectivity index (χ1n) is 5.19. The molecule has 1 aromatic heterocycles. The maximum atomic E-state index is 7.39. The van der Waals surface area contributed by atoms with Crippen molar-refractivity contribution in [2.24, 2.45) is 7.05 Å². The average Bonchev–Trinajstić information content (AvgIpc) is 2.68. The van der Waals surface area contributed by atoms with Gasteiger partial charge in [0.2, 0.25) is 0 Å². The third kappa shape index (κ3) is 1.72. The first-order valence-corrected chi connectivity index (χ1v) is 5.19. The number of allylic oxidation sites excluding steroid dienone is 1. The van der Waals surface area contributed by atoms with E-state index >= 15 is 0 Å². The van der Waals surface area contributed by atoms with Gasteiger partial charge >= 0.3 is 0 Å². The van der Waals surface area contributed by atoms with Crippen LogP contribution in [0.4, 0.5) is 0 Å². The molecule has 0 aliphatic rings. The Hall–Kier alpha value is -2.03. The number of benzene rings is 1. The number of hydrogen-bond donors (Lipinski definition) is 2. The number of fused-ring (bicyclic) bond motifs is 1. The summed E-state index contributed by atoms with van der Waals surface area (Å²) in [5.41, 5.74) is 3.12. The smallest absolute Gasteiger partial charge is 0.0483 e. The van der Waals surface area contributed by atoms with Crippen LogP contribution in [0, 0.1) is 5.41 Å². The predicted octanol–water partition coefficient (Wildman–Crippen LogP) is 2.39. The fraction of sp³-hybridized carbons (Fsp3) is 0.154. The maximum Gasteiger partial charge on any atom is 0.0483 e. The van der Waals surface area contributed by atoms with Crippen LogP contribution < -0.4 is 5.32 Å². The fourth-order valence-electron chi connectivity index (χ4n) is 1.81. The van der Waals surface area contributed by atoms with E-state index in [-0.39, 0.29) is 0 Å². The normalized spacial score (nSPS) is 11.8. The van der Waals surface area contributed by atoms with E-state index in [0.717, 1.165) is 11.1 Å². The molecule has 0 fully saturated rings. The number of hydrogen-bond acceptors (Lipinski definition) is 2. The van der Waals surface area contributed by atoms with Crippen LogP contribution in [-0.4, -0.2) is 17.8 Å². The Labute approximate surface area is 94.9 Å². The van der Waals surface area contributed by atoms with Crippen LogP contribution >= 0.6 is 0 Å². The van der Waals surface area contributed by atoms with Gasteiger partial charge in [0, 0.05) is 43.8 Å². The molecule has 2 aromatic rings. The third-order valence-corrected chi connectivity index (χ3v) is 2.68. The highest BCUT2D eigenvalue weighted by atomic mass is 14.9. The van der Waals surface area contributed by atoms with Crippen LogP contribution in [0.25, 0.3) is 16.5 Å². The quantitative estimate of drug-likeness (QED) is 0.755. The molecule has 82 valence electrons. The molecule has 0 atom stereocenters. The lowest BCUT2D eigenvalue weighted by molar-refractivity contribution is 0.969. The second-order valence-corrected chi connectivity index (χ2v) is 3.73. The van der Waals surface area contributed by atoms with Crippen LogP contribution in [0.3, 0.4) is 0 Å². The van der Waals surface area contributed by atoms with E-state index in [9.17, 15) is 0 Å². The van der Waals surface area contributed by atoms with Crippen molar-refractivity contribution >= 4 is 22.7 Å². The van der Waals surface area contributed by atoms with Crippen molar-refractivity contribution < 1.29 is 0 Å². The minimum atomic E-state index is 0.880. The molecule has 0 aliphatic heterocycles. The highest BCUT2D eigenvalue weighted by Crippen LogP contribution is 2.20. The number of aromatic nitrogens is 1. The Bertz CT molecular complexity index is 549. The molecule has 16 heavy (non-hydrogen) atoms. The van der Waals surface area contributed by atoms with Gasteiger partial charge in [-0.15, -0.1) is 0 Å². The third-order valence-electron chi connectivity index (χ3n) is 2.68. The van der Waals surface area contributed by atoms with Crippen LogP contribution in [0.2, 0.25) is 0 Å². The van der Waals surface area contributed by atoms with Crippen molar-refractivity contribution in [1.82, 2.24) is 9.88 Å². The number of nitrogens with one attached hydrogen (secondary N) is 2. The van der Waals surface area contributed by atoms with Gasteiger partial charge < -0.3 is 15.3 Å². The predicted molar refractivity (Wildman–Crippen MR) is 68.7 cm³/mol. The Morgan fingerprint density at radius 2 is 2.19 bits per heavy atom. The molecule has 1 aromatic carbocycles. The van der Waals surface area contributed by atoms with Gasteiger partial charge in [0.05, 0.1) is 0 Å². The minimum absolute atomic E-state index is 0.880. The molecule has 2 rings (SSSR count). The summed E-state index contributed by atoms with van der Waals surface area (Å²) in [5.74, 6) is 0. The molecule has 0 amide bonds. The van der Waals surface area contributed by atoms with Gasteiger partial charge in [0.15, 0.2) is 0 Å². The minimum Gasteiger partial charge on any atom is -0.393 e. The summed E-state index contributed by atoms with van der Waals surface area (Å²) < 4.78 is 2.08. The molecule has 0 radical (unpaired) electrons. The van der Waals surface area contributed by atoms with Crippen LogP contribution in [-0.2, 0) is 7.05 Å². The lowest BCUT2D eigenvalue weighted by atomic mass is 10.1. The summed E-state index contributed by atoms with van der Waals surface area (Å²) in [5, 5.41) is 11.6. The van der Waals surface area contributed by atoms with Gasteiger partial charge in [0.1, 0.15) is 0 Å². The van der Waals surface area contributed by atoms with E-state index in [1.165, 1.54) is 17.1 Å². The molecule has 3 heteroatoms. The number of nitrogens with zero attached hydrogens (tertiary/aromatic N) is 1. The summed E-state index contributed by atoms with van der Waals surface area (Å²) in [4.78, 5) is 0. The molecule has 0 saturated heterocycles. The zero-order valence-electron chi connectivity index (χ0n) is 9.49. The number of aryl methyl sites for hydroxylation is 1. The Morgan fingerprint density at radius 3 is 2.88 bits per heavy atom. The lowest BCUT2D eigenvalue weighted by Crippen LogP contribution is -1.97. The molecule has 2 N–H and O–H groups in total. The topological polar surface area (TPSA) is 40.8 Å². The van der Waals surface area contributed by atoms with Gasteiger partial charge in [-0.25, -0.2) is 0 Å². The van der Waals surface area contributed by atoms with Crippen molar-refractivity contribution in [3.05, 3.63) is 42.2 Å². The largest absolute Gasteiger partial charge is 0.393 e. The zero-order chi connectivity index (χ0) is 11.5. The van der Waals surface area contributed by atoms with Crippen molar-refractivity contribution in [3.63, 3.8) is 0 Å². The van der Waals surface area contributed by atoms with E-state index in [4.69, 9.17) is 5.41 Å². The van der Waals surface area contributed by atoms with E-state index in [1.54, 1.807) is 0 Å². The molecule has 0 spiro atoms. The first-order chi connectivity index (χ1) is 7.76. The SMILES string of the molecule is CN/C=C(\C=N)c1ccc2ccn(C)c2c1. The van der Waals surface area contributed by atoms with E-state index in [2.05, 4.69) is 28.1 Å². The van der Waals surface area contributed by atoms with Crippen molar-refractivity contribution in [2.45, 2.75) is 0 Å². The monoisotopic (exact) mass is 213 g/mol. The highest BCUT2D eigenvalue weighted by molar-refractivity contribution is 6.09. The molecule has 0 unspecified atom stereocenters. The van der Waals surface area contributed by atoms with Crippen molar-refractivity contribution in [2.75, 3.05) is 7.05 Å². The lowest BCUT2D eigenvalue weighted by Gasteiger charge is -2.03. The molecule has 3 nitrogen and oxygen atoms in total. The van der Waals surface area contributed by atoms with Gasteiger partial charge in [-0.3, -0.25) is 0 Å². The molecule has 0 aliphatic carbocycles. The van der Waals surface area contributed by atoms with Crippen molar-refractivity contribution in [1.29, 1.82) is 5.41 Å². The van der Waals surface area contributed by atoms with Crippen LogP contribution in [0.15, 0.2) is 36.7 Å². The molecule has 0 saturated carbocycles. The summed E-state index contributed by atoms with van der Waals surface area (Å²) in [7, 11) is 3.86. The fourth-order valence-corrected chi connectivity index (χ4v) is 1.81. The van der Waals surface area contributed by atoms with Crippen LogP contribution in [0.1, 0.15) is 5.56 Å². The van der Waals surface area contributed by atoms with Gasteiger partial charge in [0.25, 0.3) is 0 Å². The van der Waals surface area contributed by atoms with E-state index in [1.807, 2.05) is 32.6 Å². The Morgan fingerprint density at radius 1 is 1.38 bits per heavy atom. The number of rotatable bonds is 3. The van der Waals surface area contributed by atoms with E-state index < -0.39 is 0 Å². The zero-order valence-corrected chi connectivity index (χ0v) is 9.49. The second kappa shape index (κ2) is 4.23. The molecular weight excluding hydrogens is 198 g/mol. The Balaban J connectivity index is 2.57. The van der Waals surface area contributed by atoms with Gasteiger partial charge in [-0.05, 0) is 23.1 Å². The molecule has 1 heterocycles. The van der Waals surface area contributed by atoms with Gasteiger partial charge in [-0.1, -0.05) is 12.1 Å². The molecular formula is C13H15N3. The standard InChI is InChI=1S/C13H15N3/c1-15-9-12(8-14)11-4-3-10-5-6-16(2)13(10)7-11/h3-9,14-15H,1-2H3/b12-9+,14-8?. The van der Waals surface area contributed by atoms with Crippen LogP contribution in [0.5, 0.6) is 0 Å². The Kier molecular flexibility index (Phi) is 2.77. The summed E-state index contributed by atoms with van der Waals surface area (Å²) in [6.45, 7) is 0.